The van der Waals surface area contributed by atoms with Crippen LogP contribution in [0.25, 0.3) is 16.6 Å². The van der Waals surface area contributed by atoms with Crippen molar-refractivity contribution in [1.82, 2.24) is 24.6 Å². The van der Waals surface area contributed by atoms with E-state index in [0.29, 0.717) is 24.2 Å². The fraction of sp³-hybridized carbons (Fsp3) is 0.192. The number of hydrogen-bond acceptors (Lipinski definition) is 9. The Morgan fingerprint density at radius 2 is 1.83 bits per heavy atom. The normalized spacial score (nSPS) is 15.6. The van der Waals surface area contributed by atoms with Crippen LogP contribution in [0, 0.1) is 6.92 Å². The number of ether oxygens (including phenoxy) is 2. The Bertz CT molecular complexity index is 1660. The second-order valence-electron chi connectivity index (χ2n) is 9.14. The van der Waals surface area contributed by atoms with Crippen molar-refractivity contribution in [3.8, 4) is 11.5 Å². The average molecular weight is 479 g/mol. The van der Waals surface area contributed by atoms with E-state index in [1.165, 1.54) is 6.33 Å². The Hall–Kier alpha value is -4.73. The highest BCUT2D eigenvalue weighted by Crippen LogP contribution is 2.43. The first-order chi connectivity index (χ1) is 17.6. The predicted octanol–water partition coefficient (Wildman–Crippen LogP) is 4.85. The van der Waals surface area contributed by atoms with Crippen molar-refractivity contribution in [3.63, 3.8) is 0 Å². The van der Waals surface area contributed by atoms with Crippen molar-refractivity contribution in [3.05, 3.63) is 72.9 Å². The molecular weight excluding hydrogens is 456 g/mol. The third-order valence-electron chi connectivity index (χ3n) is 6.45. The molecule has 0 atom stereocenters. The van der Waals surface area contributed by atoms with Gasteiger partial charge in [-0.05, 0) is 67.8 Å². The van der Waals surface area contributed by atoms with Crippen LogP contribution in [0.5, 0.6) is 11.5 Å². The van der Waals surface area contributed by atoms with Gasteiger partial charge in [-0.25, -0.2) is 24.5 Å². The van der Waals surface area contributed by atoms with Gasteiger partial charge >= 0.3 is 0 Å². The van der Waals surface area contributed by atoms with E-state index >= 15 is 0 Å². The zero-order chi connectivity index (χ0) is 24.1. The summed E-state index contributed by atoms with van der Waals surface area (Å²) in [7, 11) is 0. The van der Waals surface area contributed by atoms with Crippen molar-refractivity contribution >= 4 is 39.8 Å². The summed E-state index contributed by atoms with van der Waals surface area (Å²) in [6, 6.07) is 16.1. The smallest absolute Gasteiger partial charge is 0.289 e. The summed E-state index contributed by atoms with van der Waals surface area (Å²) in [5.74, 6) is 2.17. The topological polar surface area (TPSA) is 111 Å². The number of benzene rings is 2. The summed E-state index contributed by atoms with van der Waals surface area (Å²) in [6.45, 7) is 2.66. The minimum atomic E-state index is 0.0198. The Balaban J connectivity index is 1.12. The third-order valence-corrected chi connectivity index (χ3v) is 6.45. The fourth-order valence-corrected chi connectivity index (χ4v) is 4.27. The number of aromatic nitrogens is 5. The Morgan fingerprint density at radius 3 is 2.69 bits per heavy atom. The molecule has 7 rings (SSSR count). The number of rotatable bonds is 5. The zero-order valence-electron chi connectivity index (χ0n) is 19.5. The van der Waals surface area contributed by atoms with E-state index in [-0.39, 0.29) is 5.54 Å². The van der Waals surface area contributed by atoms with E-state index in [2.05, 4.69) is 35.7 Å². The molecule has 178 valence electrons. The molecule has 10 nitrogen and oxygen atoms in total. The van der Waals surface area contributed by atoms with Crippen LogP contribution in [0.1, 0.15) is 18.4 Å². The van der Waals surface area contributed by atoms with Gasteiger partial charge in [-0.2, -0.15) is 5.10 Å². The van der Waals surface area contributed by atoms with Crippen LogP contribution in [0.15, 0.2) is 72.4 Å². The number of pyridine rings is 1. The van der Waals surface area contributed by atoms with Crippen LogP contribution < -0.4 is 15.4 Å². The molecule has 2 N–H and O–H groups in total. The lowest BCUT2D eigenvalue weighted by atomic mass is 10.1. The first-order valence-electron chi connectivity index (χ1n) is 11.7. The fourth-order valence-electron chi connectivity index (χ4n) is 4.27. The van der Waals surface area contributed by atoms with Crippen LogP contribution in [0.4, 0.5) is 17.2 Å². The summed E-state index contributed by atoms with van der Waals surface area (Å²) in [4.78, 5) is 17.8. The van der Waals surface area contributed by atoms with Gasteiger partial charge in [0, 0.05) is 29.0 Å². The van der Waals surface area contributed by atoms with Gasteiger partial charge in [-0.15, -0.1) is 0 Å². The van der Waals surface area contributed by atoms with Crippen LogP contribution >= 0.6 is 0 Å². The molecule has 10 heteroatoms. The Kier molecular flexibility index (Phi) is 4.53. The quantitative estimate of drug-likeness (QED) is 0.369. The molecule has 4 heterocycles. The second kappa shape index (κ2) is 7.91. The van der Waals surface area contributed by atoms with Gasteiger partial charge in [0.15, 0.2) is 5.65 Å². The molecule has 0 radical (unpaired) electrons. The van der Waals surface area contributed by atoms with Gasteiger partial charge in [0.05, 0.1) is 5.52 Å². The second-order valence-corrected chi connectivity index (χ2v) is 9.14. The molecule has 0 amide bonds. The molecule has 36 heavy (non-hydrogen) atoms. The number of fused-ring (bicyclic) bond motifs is 2. The monoisotopic (exact) mass is 478 g/mol. The first kappa shape index (κ1) is 20.6. The maximum Gasteiger partial charge on any atom is 0.289 e. The summed E-state index contributed by atoms with van der Waals surface area (Å²) >= 11 is 0. The molecule has 5 aromatic rings. The van der Waals surface area contributed by atoms with Crippen LogP contribution in [0.2, 0.25) is 0 Å². The van der Waals surface area contributed by atoms with Gasteiger partial charge in [-0.1, -0.05) is 0 Å². The van der Waals surface area contributed by atoms with E-state index in [9.17, 15) is 0 Å². The maximum atomic E-state index is 6.09. The van der Waals surface area contributed by atoms with Gasteiger partial charge < -0.3 is 20.1 Å². The molecule has 0 bridgehead atoms. The van der Waals surface area contributed by atoms with Crippen molar-refractivity contribution < 1.29 is 9.47 Å². The minimum Gasteiger partial charge on any atom is -0.462 e. The number of nitrogens with one attached hydrogen (secondary N) is 2. The van der Waals surface area contributed by atoms with Crippen LogP contribution in [-0.4, -0.2) is 42.7 Å². The van der Waals surface area contributed by atoms with Gasteiger partial charge in [0.1, 0.15) is 42.1 Å². The van der Waals surface area contributed by atoms with Gasteiger partial charge in [-0.3, -0.25) is 0 Å². The summed E-state index contributed by atoms with van der Waals surface area (Å²) in [5, 5.41) is 11.7. The molecule has 3 aromatic heterocycles. The lowest BCUT2D eigenvalue weighted by molar-refractivity contribution is 0.309. The molecule has 1 spiro atoms. The molecule has 2 aromatic carbocycles. The number of aliphatic imine (C=N–C) groups is 1. The number of anilines is 3. The highest BCUT2D eigenvalue weighted by atomic mass is 16.5. The maximum absolute atomic E-state index is 6.09. The molecular formula is C26H22N8O2. The number of aryl methyl sites for hydroxylation is 1. The van der Waals surface area contributed by atoms with Crippen LogP contribution in [0.3, 0.4) is 0 Å². The molecule has 1 fully saturated rings. The highest BCUT2D eigenvalue weighted by Gasteiger charge is 2.48. The lowest BCUT2D eigenvalue weighted by Crippen LogP contribution is -2.11. The van der Waals surface area contributed by atoms with Crippen molar-refractivity contribution in [2.24, 2.45) is 4.99 Å². The van der Waals surface area contributed by atoms with Gasteiger partial charge in [0.25, 0.3) is 6.02 Å². The average Bonchev–Trinajstić information content (AvgIpc) is 3.28. The SMILES string of the molecule is Cc1cc(Nc2ncnc3ccc(NC4=NC5(CC5)CO4)cc23)ccc1Oc1ccn2ncnc2c1. The molecule has 0 saturated heterocycles. The molecule has 2 aliphatic rings. The first-order valence-corrected chi connectivity index (χ1v) is 11.7. The summed E-state index contributed by atoms with van der Waals surface area (Å²) in [5.41, 5.74) is 4.34. The van der Waals surface area contributed by atoms with E-state index in [1.807, 2.05) is 61.7 Å². The number of amidine groups is 1. The third kappa shape index (κ3) is 3.82. The van der Waals surface area contributed by atoms with Crippen molar-refractivity contribution in [2.75, 3.05) is 17.2 Å². The Morgan fingerprint density at radius 1 is 0.944 bits per heavy atom. The Labute approximate surface area is 206 Å². The number of nitrogens with zero attached hydrogens (tertiary/aromatic N) is 6. The largest absolute Gasteiger partial charge is 0.462 e. The van der Waals surface area contributed by atoms with E-state index in [1.54, 1.807) is 10.8 Å². The van der Waals surface area contributed by atoms with E-state index in [0.717, 1.165) is 52.1 Å². The molecule has 1 aliphatic heterocycles. The predicted molar refractivity (Wildman–Crippen MR) is 136 cm³/mol. The van der Waals surface area contributed by atoms with Crippen molar-refractivity contribution in [2.45, 2.75) is 25.3 Å². The molecule has 1 aliphatic carbocycles. The molecule has 1 saturated carbocycles. The zero-order valence-corrected chi connectivity index (χ0v) is 19.5. The van der Waals surface area contributed by atoms with Gasteiger partial charge in [0.2, 0.25) is 0 Å². The van der Waals surface area contributed by atoms with Crippen molar-refractivity contribution in [1.29, 1.82) is 0 Å². The van der Waals surface area contributed by atoms with Crippen LogP contribution in [-0.2, 0) is 4.74 Å². The summed E-state index contributed by atoms with van der Waals surface area (Å²) in [6.07, 6.45) is 7.09. The summed E-state index contributed by atoms with van der Waals surface area (Å²) < 4.78 is 13.5. The lowest BCUT2D eigenvalue weighted by Gasteiger charge is -2.13. The van der Waals surface area contributed by atoms with E-state index in [4.69, 9.17) is 9.47 Å². The minimum absolute atomic E-state index is 0.0198. The molecule has 0 unspecified atom stereocenters. The number of hydrogen-bond donors (Lipinski definition) is 2. The highest BCUT2D eigenvalue weighted by molar-refractivity contribution is 5.97. The standard InChI is InChI=1S/C26H22N8O2/c1-16-10-17(3-5-22(16)36-19-6-9-34-23(12-19)28-15-30-34)31-24-20-11-18(2-4-21(20)27-14-29-24)32-25-33-26(7-8-26)13-35-25/h2-6,9-12,14-15H,7-8,13H2,1H3,(H,32,33)(H,27,29,31). The van der Waals surface area contributed by atoms with E-state index < -0.39 is 0 Å².